The number of rotatable bonds is 8. The Bertz CT molecular complexity index is 738. The van der Waals surface area contributed by atoms with Crippen molar-refractivity contribution in [2.24, 2.45) is 4.99 Å². The van der Waals surface area contributed by atoms with Gasteiger partial charge in [0.05, 0.1) is 21.3 Å². The van der Waals surface area contributed by atoms with Gasteiger partial charge in [-0.2, -0.15) is 0 Å². The van der Waals surface area contributed by atoms with Gasteiger partial charge in [-0.15, -0.1) is 24.0 Å². The molecular formula is C20H28IN3O3. The van der Waals surface area contributed by atoms with Crippen LogP contribution in [0.3, 0.4) is 0 Å². The topological polar surface area (TPSA) is 64.1 Å². The van der Waals surface area contributed by atoms with Gasteiger partial charge < -0.3 is 24.8 Å². The summed E-state index contributed by atoms with van der Waals surface area (Å²) in [5, 5.41) is 6.54. The molecule has 0 aliphatic rings. The number of nitrogens with zero attached hydrogens (tertiary/aromatic N) is 1. The molecule has 2 rings (SSSR count). The average molecular weight is 485 g/mol. The Kier molecular flexibility index (Phi) is 10.4. The van der Waals surface area contributed by atoms with Crippen molar-refractivity contribution in [1.82, 2.24) is 5.32 Å². The second kappa shape index (κ2) is 12.3. The van der Waals surface area contributed by atoms with Gasteiger partial charge >= 0.3 is 0 Å². The van der Waals surface area contributed by atoms with Crippen LogP contribution in [0.15, 0.2) is 47.5 Å². The second-order valence-electron chi connectivity index (χ2n) is 5.52. The third-order valence-corrected chi connectivity index (χ3v) is 3.83. The molecule has 6 nitrogen and oxygen atoms in total. The third-order valence-electron chi connectivity index (χ3n) is 3.83. The van der Waals surface area contributed by atoms with Crippen molar-refractivity contribution in [2.45, 2.75) is 13.3 Å². The first-order valence-electron chi connectivity index (χ1n) is 8.61. The van der Waals surface area contributed by atoms with E-state index < -0.39 is 0 Å². The van der Waals surface area contributed by atoms with Crippen LogP contribution >= 0.6 is 24.0 Å². The van der Waals surface area contributed by atoms with E-state index >= 15 is 0 Å². The molecule has 0 saturated carbocycles. The summed E-state index contributed by atoms with van der Waals surface area (Å²) in [6.07, 6.45) is 0.798. The maximum absolute atomic E-state index is 5.39. The highest BCUT2D eigenvalue weighted by atomic mass is 127. The van der Waals surface area contributed by atoms with Crippen LogP contribution in [-0.4, -0.2) is 40.4 Å². The van der Waals surface area contributed by atoms with Crippen LogP contribution < -0.4 is 24.8 Å². The molecule has 0 spiro atoms. The molecule has 7 heteroatoms. The summed E-state index contributed by atoms with van der Waals surface area (Å²) < 4.78 is 16.0. The molecule has 148 valence electrons. The molecule has 2 aromatic rings. The van der Waals surface area contributed by atoms with Crippen LogP contribution in [0.1, 0.15) is 12.5 Å². The largest absolute Gasteiger partial charge is 0.496 e. The van der Waals surface area contributed by atoms with E-state index in [0.717, 1.165) is 35.9 Å². The van der Waals surface area contributed by atoms with Gasteiger partial charge in [0.2, 0.25) is 0 Å². The highest BCUT2D eigenvalue weighted by molar-refractivity contribution is 14.0. The number of ether oxygens (including phenoxy) is 3. The maximum atomic E-state index is 5.39. The van der Waals surface area contributed by atoms with Gasteiger partial charge in [-0.1, -0.05) is 18.2 Å². The maximum Gasteiger partial charge on any atom is 0.195 e. The molecule has 0 radical (unpaired) electrons. The van der Waals surface area contributed by atoms with E-state index in [0.29, 0.717) is 18.0 Å². The first-order valence-corrected chi connectivity index (χ1v) is 8.61. The molecule has 0 fully saturated rings. The highest BCUT2D eigenvalue weighted by Crippen LogP contribution is 2.29. The predicted octanol–water partition coefficient (Wildman–Crippen LogP) is 3.95. The number of benzene rings is 2. The average Bonchev–Trinajstić information content (AvgIpc) is 2.68. The molecule has 2 N–H and O–H groups in total. The van der Waals surface area contributed by atoms with Crippen molar-refractivity contribution in [3.05, 3.63) is 48.0 Å². The molecule has 0 heterocycles. The Balaban J connectivity index is 0.00000364. The van der Waals surface area contributed by atoms with Gasteiger partial charge in [-0.05, 0) is 37.1 Å². The minimum absolute atomic E-state index is 0. The zero-order valence-corrected chi connectivity index (χ0v) is 18.6. The molecule has 0 bridgehead atoms. The molecule has 0 atom stereocenters. The molecule has 2 aromatic carbocycles. The van der Waals surface area contributed by atoms with Crippen LogP contribution in [0.5, 0.6) is 17.2 Å². The van der Waals surface area contributed by atoms with Crippen molar-refractivity contribution < 1.29 is 14.2 Å². The van der Waals surface area contributed by atoms with Crippen LogP contribution in [0.4, 0.5) is 5.69 Å². The predicted molar refractivity (Wildman–Crippen MR) is 121 cm³/mol. The van der Waals surface area contributed by atoms with E-state index in [1.54, 1.807) is 21.3 Å². The van der Waals surface area contributed by atoms with E-state index in [2.05, 4.69) is 21.7 Å². The van der Waals surface area contributed by atoms with E-state index in [-0.39, 0.29) is 24.0 Å². The summed E-state index contributed by atoms with van der Waals surface area (Å²) in [7, 11) is 4.92. The summed E-state index contributed by atoms with van der Waals surface area (Å²) in [4.78, 5) is 4.64. The lowest BCUT2D eigenvalue weighted by Gasteiger charge is -2.14. The Morgan fingerprint density at radius 2 is 1.63 bits per heavy atom. The Labute approximate surface area is 178 Å². The Morgan fingerprint density at radius 1 is 0.926 bits per heavy atom. The number of halogens is 1. The molecule has 0 aliphatic heterocycles. The number of hydrogen-bond acceptors (Lipinski definition) is 4. The third kappa shape index (κ3) is 6.82. The molecule has 0 aromatic heterocycles. The molecule has 27 heavy (non-hydrogen) atoms. The van der Waals surface area contributed by atoms with E-state index in [4.69, 9.17) is 14.2 Å². The number of para-hydroxylation sites is 1. The van der Waals surface area contributed by atoms with Crippen LogP contribution in [0.2, 0.25) is 0 Å². The van der Waals surface area contributed by atoms with Crippen molar-refractivity contribution in [3.8, 4) is 17.2 Å². The SMILES string of the molecule is CCNC(=NCCc1ccccc1OC)Nc1ccc(OC)c(OC)c1.I. The lowest BCUT2D eigenvalue weighted by Crippen LogP contribution is -2.30. The number of nitrogens with one attached hydrogen (secondary N) is 2. The molecular weight excluding hydrogens is 457 g/mol. The Hall–Kier alpha value is -2.16. The fourth-order valence-corrected chi connectivity index (χ4v) is 2.56. The van der Waals surface area contributed by atoms with Crippen molar-refractivity contribution >= 4 is 35.6 Å². The number of anilines is 1. The van der Waals surface area contributed by atoms with E-state index in [1.807, 2.05) is 43.3 Å². The first kappa shape index (κ1) is 22.9. The normalized spacial score (nSPS) is 10.6. The summed E-state index contributed by atoms with van der Waals surface area (Å²) >= 11 is 0. The molecule has 0 saturated heterocycles. The van der Waals surface area contributed by atoms with Gasteiger partial charge in [0.15, 0.2) is 17.5 Å². The van der Waals surface area contributed by atoms with Gasteiger partial charge in [0, 0.05) is 24.8 Å². The number of hydrogen-bond donors (Lipinski definition) is 2. The van der Waals surface area contributed by atoms with Gasteiger partial charge in [-0.3, -0.25) is 4.99 Å². The number of methoxy groups -OCH3 is 3. The molecule has 0 aliphatic carbocycles. The van der Waals surface area contributed by atoms with Gasteiger partial charge in [0.25, 0.3) is 0 Å². The zero-order chi connectivity index (χ0) is 18.8. The van der Waals surface area contributed by atoms with E-state index in [1.165, 1.54) is 0 Å². The second-order valence-corrected chi connectivity index (χ2v) is 5.52. The van der Waals surface area contributed by atoms with E-state index in [9.17, 15) is 0 Å². The molecule has 0 amide bonds. The summed E-state index contributed by atoms with van der Waals surface area (Å²) in [6, 6.07) is 13.7. The minimum atomic E-state index is 0. The fraction of sp³-hybridized carbons (Fsp3) is 0.350. The van der Waals surface area contributed by atoms with Crippen molar-refractivity contribution in [1.29, 1.82) is 0 Å². The zero-order valence-electron chi connectivity index (χ0n) is 16.2. The van der Waals surface area contributed by atoms with Crippen LogP contribution in [-0.2, 0) is 6.42 Å². The first-order chi connectivity index (χ1) is 12.7. The quantitative estimate of drug-likeness (QED) is 0.337. The highest BCUT2D eigenvalue weighted by Gasteiger charge is 2.06. The molecule has 0 unspecified atom stereocenters. The lowest BCUT2D eigenvalue weighted by atomic mass is 10.1. The van der Waals surface area contributed by atoms with Crippen molar-refractivity contribution in [2.75, 3.05) is 39.7 Å². The monoisotopic (exact) mass is 485 g/mol. The number of aliphatic imine (C=N–C) groups is 1. The van der Waals surface area contributed by atoms with Gasteiger partial charge in [0.1, 0.15) is 5.75 Å². The van der Waals surface area contributed by atoms with Crippen molar-refractivity contribution in [3.63, 3.8) is 0 Å². The fourth-order valence-electron chi connectivity index (χ4n) is 2.56. The van der Waals surface area contributed by atoms with Crippen LogP contribution in [0.25, 0.3) is 0 Å². The minimum Gasteiger partial charge on any atom is -0.496 e. The standard InChI is InChI=1S/C20H27N3O3.HI/c1-5-21-20(22-13-12-15-8-6-7-9-17(15)24-2)23-16-10-11-18(25-3)19(14-16)26-4;/h6-11,14H,5,12-13H2,1-4H3,(H2,21,22,23);1H. The Morgan fingerprint density at radius 3 is 2.30 bits per heavy atom. The van der Waals surface area contributed by atoms with Crippen LogP contribution in [0, 0.1) is 0 Å². The summed E-state index contributed by atoms with van der Waals surface area (Å²) in [5.74, 6) is 2.97. The smallest absolute Gasteiger partial charge is 0.195 e. The lowest BCUT2D eigenvalue weighted by molar-refractivity contribution is 0.355. The van der Waals surface area contributed by atoms with Gasteiger partial charge in [-0.25, -0.2) is 0 Å². The summed E-state index contributed by atoms with van der Waals surface area (Å²) in [5.41, 5.74) is 2.01. The summed E-state index contributed by atoms with van der Waals surface area (Å²) in [6.45, 7) is 3.45. The number of guanidine groups is 1.